The van der Waals surface area contributed by atoms with E-state index in [9.17, 15) is 9.59 Å². The Labute approximate surface area is 96.6 Å². The van der Waals surface area contributed by atoms with Crippen LogP contribution in [0.1, 0.15) is 6.92 Å². The number of carbonyl (C=O) groups excluding carboxylic acids is 2. The van der Waals surface area contributed by atoms with E-state index in [1.54, 1.807) is 6.92 Å². The third kappa shape index (κ3) is 4.21. The third-order valence-corrected chi connectivity index (χ3v) is 4.17. The SMILES string of the molecule is CCNC(=O)C(Cl)(C[Si](C)(C)C)C(N)=O. The Balaban J connectivity index is 4.91. The van der Waals surface area contributed by atoms with Crippen molar-refractivity contribution in [3.05, 3.63) is 0 Å². The molecule has 0 aromatic carbocycles. The molecule has 0 aliphatic heterocycles. The molecule has 0 saturated heterocycles. The van der Waals surface area contributed by atoms with E-state index in [2.05, 4.69) is 5.32 Å². The molecule has 15 heavy (non-hydrogen) atoms. The first kappa shape index (κ1) is 14.4. The molecule has 0 bridgehead atoms. The summed E-state index contributed by atoms with van der Waals surface area (Å²) < 4.78 is 0. The van der Waals surface area contributed by atoms with Crippen molar-refractivity contribution in [1.29, 1.82) is 0 Å². The molecule has 3 N–H and O–H groups in total. The molecule has 0 aliphatic rings. The summed E-state index contributed by atoms with van der Waals surface area (Å²) in [6, 6.07) is 0.350. The highest BCUT2D eigenvalue weighted by molar-refractivity contribution is 6.78. The zero-order valence-corrected chi connectivity index (χ0v) is 11.4. The molecule has 88 valence electrons. The fourth-order valence-corrected chi connectivity index (χ4v) is 4.38. The van der Waals surface area contributed by atoms with E-state index < -0.39 is 24.8 Å². The van der Waals surface area contributed by atoms with Crippen LogP contribution in [0, 0.1) is 0 Å². The standard InChI is InChI=1S/C9H19ClN2O2Si/c1-5-12-8(14)9(10,7(11)13)6-15(2,3)4/h5-6H2,1-4H3,(H2,11,13)(H,12,14). The molecular formula is C9H19ClN2O2Si. The maximum absolute atomic E-state index is 11.7. The van der Waals surface area contributed by atoms with Gasteiger partial charge in [-0.2, -0.15) is 0 Å². The van der Waals surface area contributed by atoms with Crippen LogP contribution in [0.15, 0.2) is 0 Å². The number of rotatable bonds is 5. The van der Waals surface area contributed by atoms with Gasteiger partial charge in [-0.25, -0.2) is 0 Å². The summed E-state index contributed by atoms with van der Waals surface area (Å²) >= 11 is 6.04. The Morgan fingerprint density at radius 1 is 1.40 bits per heavy atom. The zero-order chi connectivity index (χ0) is 12.3. The van der Waals surface area contributed by atoms with E-state index in [1.807, 2.05) is 19.6 Å². The normalized spacial score (nSPS) is 15.5. The number of halogens is 1. The van der Waals surface area contributed by atoms with Crippen LogP contribution in [-0.4, -0.2) is 31.3 Å². The van der Waals surface area contributed by atoms with Gasteiger partial charge in [0.25, 0.3) is 5.91 Å². The maximum Gasteiger partial charge on any atom is 0.250 e. The minimum atomic E-state index is -1.64. The van der Waals surface area contributed by atoms with E-state index in [0.29, 0.717) is 12.6 Å². The summed E-state index contributed by atoms with van der Waals surface area (Å²) in [6.07, 6.45) is 0. The Bertz CT molecular complexity index is 265. The highest BCUT2D eigenvalue weighted by Gasteiger charge is 2.45. The lowest BCUT2D eigenvalue weighted by Crippen LogP contribution is -2.54. The first-order valence-electron chi connectivity index (χ1n) is 4.90. The van der Waals surface area contributed by atoms with Gasteiger partial charge in [-0.1, -0.05) is 31.2 Å². The smallest absolute Gasteiger partial charge is 0.250 e. The second kappa shape index (κ2) is 4.98. The Hall–Kier alpha value is -0.553. The van der Waals surface area contributed by atoms with Gasteiger partial charge in [0.1, 0.15) is 0 Å². The van der Waals surface area contributed by atoms with Gasteiger partial charge < -0.3 is 11.1 Å². The number of hydrogen-bond donors (Lipinski definition) is 2. The predicted molar refractivity (Wildman–Crippen MR) is 64.6 cm³/mol. The summed E-state index contributed by atoms with van der Waals surface area (Å²) in [5.41, 5.74) is 5.20. The van der Waals surface area contributed by atoms with Crippen molar-refractivity contribution in [3.63, 3.8) is 0 Å². The molecule has 1 atom stereocenters. The summed E-state index contributed by atoms with van der Waals surface area (Å²) in [5, 5.41) is 2.54. The Morgan fingerprint density at radius 3 is 2.13 bits per heavy atom. The van der Waals surface area contributed by atoms with Crippen LogP contribution < -0.4 is 11.1 Å². The van der Waals surface area contributed by atoms with Crippen molar-refractivity contribution in [1.82, 2.24) is 5.32 Å². The monoisotopic (exact) mass is 250 g/mol. The van der Waals surface area contributed by atoms with E-state index in [-0.39, 0.29) is 0 Å². The number of primary amides is 1. The van der Waals surface area contributed by atoms with Crippen LogP contribution in [0.25, 0.3) is 0 Å². The van der Waals surface area contributed by atoms with Crippen molar-refractivity contribution < 1.29 is 9.59 Å². The van der Waals surface area contributed by atoms with Crippen molar-refractivity contribution in [2.24, 2.45) is 5.73 Å². The summed E-state index contributed by atoms with van der Waals surface area (Å²) in [5.74, 6) is -1.25. The quantitative estimate of drug-likeness (QED) is 0.433. The van der Waals surface area contributed by atoms with Crippen LogP contribution >= 0.6 is 11.6 Å². The molecule has 0 aliphatic carbocycles. The summed E-state index contributed by atoms with van der Waals surface area (Å²) in [7, 11) is -1.64. The van der Waals surface area contributed by atoms with E-state index in [4.69, 9.17) is 17.3 Å². The zero-order valence-electron chi connectivity index (χ0n) is 9.69. The molecular weight excluding hydrogens is 232 g/mol. The van der Waals surface area contributed by atoms with Crippen LogP contribution in [0.5, 0.6) is 0 Å². The third-order valence-electron chi connectivity index (χ3n) is 1.86. The summed E-state index contributed by atoms with van der Waals surface area (Å²) in [4.78, 5) is 21.3. The number of hydrogen-bond acceptors (Lipinski definition) is 2. The van der Waals surface area contributed by atoms with Crippen molar-refractivity contribution >= 4 is 31.5 Å². The first-order chi connectivity index (χ1) is 6.63. The topological polar surface area (TPSA) is 72.2 Å². The van der Waals surface area contributed by atoms with Crippen LogP contribution in [0.2, 0.25) is 25.7 Å². The molecule has 0 rings (SSSR count). The molecule has 0 heterocycles. The maximum atomic E-state index is 11.7. The highest BCUT2D eigenvalue weighted by Crippen LogP contribution is 2.27. The second-order valence-corrected chi connectivity index (χ2v) is 10.9. The van der Waals surface area contributed by atoms with Gasteiger partial charge in [0.2, 0.25) is 5.91 Å². The average Bonchev–Trinajstić information content (AvgIpc) is 2.01. The second-order valence-electron chi connectivity index (χ2n) is 4.76. The van der Waals surface area contributed by atoms with Gasteiger partial charge in [0.15, 0.2) is 4.87 Å². The fourth-order valence-electron chi connectivity index (χ4n) is 1.31. The molecule has 0 aromatic rings. The Morgan fingerprint density at radius 2 is 1.87 bits per heavy atom. The van der Waals surface area contributed by atoms with Crippen LogP contribution in [0.4, 0.5) is 0 Å². The highest BCUT2D eigenvalue weighted by atomic mass is 35.5. The predicted octanol–water partition coefficient (Wildman–Crippen LogP) is 0.924. The van der Waals surface area contributed by atoms with Gasteiger partial charge in [-0.15, -0.1) is 0 Å². The fraction of sp³-hybridized carbons (Fsp3) is 0.778. The molecule has 0 radical (unpaired) electrons. The van der Waals surface area contributed by atoms with Crippen molar-refractivity contribution in [3.8, 4) is 0 Å². The van der Waals surface area contributed by atoms with E-state index in [1.165, 1.54) is 0 Å². The molecule has 4 nitrogen and oxygen atoms in total. The van der Waals surface area contributed by atoms with Crippen LogP contribution in [0.3, 0.4) is 0 Å². The molecule has 0 saturated carbocycles. The van der Waals surface area contributed by atoms with Crippen molar-refractivity contribution in [2.45, 2.75) is 37.5 Å². The lowest BCUT2D eigenvalue weighted by Gasteiger charge is -2.28. The van der Waals surface area contributed by atoms with Crippen LogP contribution in [-0.2, 0) is 9.59 Å². The Kier molecular flexibility index (Phi) is 4.80. The van der Waals surface area contributed by atoms with Gasteiger partial charge >= 0.3 is 0 Å². The van der Waals surface area contributed by atoms with E-state index >= 15 is 0 Å². The van der Waals surface area contributed by atoms with Gasteiger partial charge in [-0.05, 0) is 13.0 Å². The molecule has 6 heteroatoms. The minimum Gasteiger partial charge on any atom is -0.368 e. The largest absolute Gasteiger partial charge is 0.368 e. The minimum absolute atomic E-state index is 0.350. The molecule has 2 amide bonds. The molecule has 0 spiro atoms. The molecule has 0 aromatic heterocycles. The van der Waals surface area contributed by atoms with Gasteiger partial charge in [0.05, 0.1) is 0 Å². The number of alkyl halides is 1. The number of amides is 2. The number of nitrogens with two attached hydrogens (primary N) is 1. The van der Waals surface area contributed by atoms with Gasteiger partial charge in [-0.3, -0.25) is 9.59 Å². The lowest BCUT2D eigenvalue weighted by atomic mass is 10.1. The number of nitrogens with one attached hydrogen (secondary N) is 1. The summed E-state index contributed by atoms with van der Waals surface area (Å²) in [6.45, 7) is 8.31. The average molecular weight is 251 g/mol. The lowest BCUT2D eigenvalue weighted by molar-refractivity contribution is -0.131. The van der Waals surface area contributed by atoms with Gasteiger partial charge in [0, 0.05) is 14.6 Å². The van der Waals surface area contributed by atoms with Crippen molar-refractivity contribution in [2.75, 3.05) is 6.54 Å². The first-order valence-corrected chi connectivity index (χ1v) is 8.99. The number of carbonyl (C=O) groups is 2. The molecule has 0 fully saturated rings. The molecule has 1 unspecified atom stereocenters. The van der Waals surface area contributed by atoms with E-state index in [0.717, 1.165) is 0 Å².